The van der Waals surface area contributed by atoms with Crippen molar-refractivity contribution in [1.29, 1.82) is 0 Å². The number of hydrogen-bond donors (Lipinski definition) is 1. The Hall–Kier alpha value is -2.04. The third kappa shape index (κ3) is 4.23. The van der Waals surface area contributed by atoms with Gasteiger partial charge in [-0.15, -0.1) is 0 Å². The van der Waals surface area contributed by atoms with E-state index in [-0.39, 0.29) is 5.91 Å². The van der Waals surface area contributed by atoms with Crippen molar-refractivity contribution in [2.24, 2.45) is 5.10 Å². The van der Waals surface area contributed by atoms with E-state index in [9.17, 15) is 4.79 Å². The molecule has 0 atom stereocenters. The van der Waals surface area contributed by atoms with Crippen molar-refractivity contribution >= 4 is 41.0 Å². The minimum absolute atomic E-state index is 0.286. The van der Waals surface area contributed by atoms with Crippen LogP contribution in [0, 0.1) is 0 Å². The average molecular weight is 336 g/mol. The Morgan fingerprint density at radius 3 is 2.41 bits per heavy atom. The molecular weight excluding hydrogens is 321 g/mol. The summed E-state index contributed by atoms with van der Waals surface area (Å²) < 4.78 is 0. The lowest BCUT2D eigenvalue weighted by Gasteiger charge is -2.12. The van der Waals surface area contributed by atoms with Gasteiger partial charge in [0.05, 0.1) is 11.2 Å². The summed E-state index contributed by atoms with van der Waals surface area (Å²) in [5.74, 6) is -0.286. The predicted molar refractivity (Wildman–Crippen MR) is 92.3 cm³/mol. The van der Waals surface area contributed by atoms with Crippen molar-refractivity contribution in [1.82, 2.24) is 5.43 Å². The summed E-state index contributed by atoms with van der Waals surface area (Å²) in [5.41, 5.74) is 4.69. The molecule has 0 aliphatic heterocycles. The molecule has 0 aliphatic carbocycles. The lowest BCUT2D eigenvalue weighted by atomic mass is 10.2. The molecule has 0 fully saturated rings. The van der Waals surface area contributed by atoms with Crippen molar-refractivity contribution in [3.05, 3.63) is 63.6 Å². The van der Waals surface area contributed by atoms with E-state index in [4.69, 9.17) is 23.2 Å². The van der Waals surface area contributed by atoms with Crippen LogP contribution in [0.25, 0.3) is 0 Å². The Labute approximate surface area is 139 Å². The quantitative estimate of drug-likeness (QED) is 0.681. The number of hydrogen-bond acceptors (Lipinski definition) is 3. The number of carbonyl (C=O) groups is 1. The van der Waals surface area contributed by atoms with Gasteiger partial charge >= 0.3 is 0 Å². The monoisotopic (exact) mass is 335 g/mol. The van der Waals surface area contributed by atoms with E-state index in [0.717, 1.165) is 5.69 Å². The number of halogens is 2. The summed E-state index contributed by atoms with van der Waals surface area (Å²) in [7, 11) is 3.88. The largest absolute Gasteiger partial charge is 0.378 e. The van der Waals surface area contributed by atoms with Gasteiger partial charge in [-0.05, 0) is 36.4 Å². The molecule has 0 aromatic heterocycles. The molecule has 2 rings (SSSR count). The van der Waals surface area contributed by atoms with Gasteiger partial charge in [0.2, 0.25) is 0 Å². The van der Waals surface area contributed by atoms with Crippen LogP contribution < -0.4 is 10.3 Å². The number of hydrazone groups is 1. The lowest BCUT2D eigenvalue weighted by Crippen LogP contribution is -2.18. The van der Waals surface area contributed by atoms with E-state index in [1.54, 1.807) is 30.3 Å². The number of anilines is 1. The third-order valence-corrected chi connectivity index (χ3v) is 3.54. The highest BCUT2D eigenvalue weighted by atomic mass is 35.5. The molecule has 2 aromatic carbocycles. The zero-order valence-corrected chi connectivity index (χ0v) is 13.7. The third-order valence-electron chi connectivity index (χ3n) is 2.98. The van der Waals surface area contributed by atoms with E-state index in [1.165, 1.54) is 6.21 Å². The van der Waals surface area contributed by atoms with Gasteiger partial charge in [0.25, 0.3) is 5.91 Å². The Balaban J connectivity index is 2.01. The Morgan fingerprint density at radius 2 is 1.82 bits per heavy atom. The van der Waals surface area contributed by atoms with Crippen molar-refractivity contribution in [2.75, 3.05) is 19.0 Å². The SMILES string of the molecule is CN(C)c1ccc(C(=O)NN=Cc2ccc(Cl)cc2Cl)cc1. The van der Waals surface area contributed by atoms with Crippen LogP contribution in [0.1, 0.15) is 15.9 Å². The Bertz CT molecular complexity index is 697. The van der Waals surface area contributed by atoms with E-state index in [0.29, 0.717) is 21.2 Å². The normalized spacial score (nSPS) is 10.7. The maximum atomic E-state index is 12.0. The maximum absolute atomic E-state index is 12.0. The number of nitrogens with zero attached hydrogens (tertiary/aromatic N) is 2. The number of carbonyl (C=O) groups excluding carboxylic acids is 1. The maximum Gasteiger partial charge on any atom is 0.271 e. The fourth-order valence-electron chi connectivity index (χ4n) is 1.74. The molecule has 6 heteroatoms. The first-order valence-corrected chi connectivity index (χ1v) is 7.29. The van der Waals surface area contributed by atoms with E-state index < -0.39 is 0 Å². The first kappa shape index (κ1) is 16.3. The molecule has 0 unspecified atom stereocenters. The Morgan fingerprint density at radius 1 is 1.14 bits per heavy atom. The van der Waals surface area contributed by atoms with Crippen LogP contribution in [0.5, 0.6) is 0 Å². The van der Waals surface area contributed by atoms with Crippen LogP contribution in [-0.2, 0) is 0 Å². The number of benzene rings is 2. The fraction of sp³-hybridized carbons (Fsp3) is 0.125. The lowest BCUT2D eigenvalue weighted by molar-refractivity contribution is 0.0955. The summed E-state index contributed by atoms with van der Waals surface area (Å²) in [6.45, 7) is 0. The smallest absolute Gasteiger partial charge is 0.271 e. The molecule has 114 valence electrons. The minimum Gasteiger partial charge on any atom is -0.378 e. The van der Waals surface area contributed by atoms with Crippen molar-refractivity contribution in [2.45, 2.75) is 0 Å². The van der Waals surface area contributed by atoms with Gasteiger partial charge in [-0.1, -0.05) is 29.3 Å². The fourth-order valence-corrected chi connectivity index (χ4v) is 2.20. The van der Waals surface area contributed by atoms with Gasteiger partial charge in [-0.3, -0.25) is 4.79 Å². The van der Waals surface area contributed by atoms with Crippen LogP contribution in [0.15, 0.2) is 47.6 Å². The Kier molecular flexibility index (Phi) is 5.41. The molecule has 0 aliphatic rings. The zero-order chi connectivity index (χ0) is 16.1. The molecular formula is C16H15Cl2N3O. The van der Waals surface area contributed by atoms with E-state index in [2.05, 4.69) is 10.5 Å². The van der Waals surface area contributed by atoms with Crippen LogP contribution in [0.2, 0.25) is 10.0 Å². The molecule has 0 saturated carbocycles. The first-order chi connectivity index (χ1) is 10.5. The second-order valence-corrected chi connectivity index (χ2v) is 5.65. The molecule has 2 aromatic rings. The summed E-state index contributed by atoms with van der Waals surface area (Å²) in [4.78, 5) is 13.9. The molecule has 1 N–H and O–H groups in total. The van der Waals surface area contributed by atoms with E-state index in [1.807, 2.05) is 31.1 Å². The number of rotatable bonds is 4. The first-order valence-electron chi connectivity index (χ1n) is 6.53. The van der Waals surface area contributed by atoms with Gasteiger partial charge in [0, 0.05) is 35.9 Å². The van der Waals surface area contributed by atoms with E-state index >= 15 is 0 Å². The van der Waals surface area contributed by atoms with Crippen LogP contribution >= 0.6 is 23.2 Å². The van der Waals surface area contributed by atoms with Crippen molar-refractivity contribution < 1.29 is 4.79 Å². The highest BCUT2D eigenvalue weighted by Gasteiger charge is 2.05. The van der Waals surface area contributed by atoms with Crippen LogP contribution in [0.3, 0.4) is 0 Å². The second-order valence-electron chi connectivity index (χ2n) is 4.81. The molecule has 0 radical (unpaired) electrons. The topological polar surface area (TPSA) is 44.7 Å². The molecule has 1 amide bonds. The van der Waals surface area contributed by atoms with Crippen molar-refractivity contribution in [3.8, 4) is 0 Å². The van der Waals surface area contributed by atoms with Gasteiger partial charge in [-0.25, -0.2) is 5.43 Å². The van der Waals surface area contributed by atoms with Crippen molar-refractivity contribution in [3.63, 3.8) is 0 Å². The minimum atomic E-state index is -0.286. The van der Waals surface area contributed by atoms with Gasteiger partial charge in [0.15, 0.2) is 0 Å². The molecule has 0 saturated heterocycles. The zero-order valence-electron chi connectivity index (χ0n) is 12.2. The van der Waals surface area contributed by atoms with Gasteiger partial charge in [-0.2, -0.15) is 5.10 Å². The van der Waals surface area contributed by atoms with Gasteiger partial charge in [0.1, 0.15) is 0 Å². The van der Waals surface area contributed by atoms with Crippen LogP contribution in [-0.4, -0.2) is 26.2 Å². The summed E-state index contributed by atoms with van der Waals surface area (Å²) in [5, 5.41) is 4.92. The molecule has 4 nitrogen and oxygen atoms in total. The summed E-state index contributed by atoms with van der Waals surface area (Å²) in [6.07, 6.45) is 1.48. The van der Waals surface area contributed by atoms with Crippen LogP contribution in [0.4, 0.5) is 5.69 Å². The molecule has 22 heavy (non-hydrogen) atoms. The number of nitrogens with one attached hydrogen (secondary N) is 1. The highest BCUT2D eigenvalue weighted by Crippen LogP contribution is 2.19. The highest BCUT2D eigenvalue weighted by molar-refractivity contribution is 6.36. The summed E-state index contributed by atoms with van der Waals surface area (Å²) in [6, 6.07) is 12.3. The average Bonchev–Trinajstić information content (AvgIpc) is 2.49. The standard InChI is InChI=1S/C16H15Cl2N3O/c1-21(2)14-7-4-11(5-8-14)16(22)20-19-10-12-3-6-13(17)9-15(12)18/h3-10H,1-2H3,(H,20,22). The molecule has 0 bridgehead atoms. The molecule has 0 spiro atoms. The van der Waals surface area contributed by atoms with Gasteiger partial charge < -0.3 is 4.90 Å². The number of amides is 1. The molecule has 0 heterocycles. The summed E-state index contributed by atoms with van der Waals surface area (Å²) >= 11 is 11.8. The second kappa shape index (κ2) is 7.29. The predicted octanol–water partition coefficient (Wildman–Crippen LogP) is 3.82.